The van der Waals surface area contributed by atoms with Crippen molar-refractivity contribution in [3.05, 3.63) is 48.4 Å². The average Bonchev–Trinajstić information content (AvgIpc) is 3.49. The van der Waals surface area contributed by atoms with E-state index in [4.69, 9.17) is 9.72 Å². The van der Waals surface area contributed by atoms with Crippen molar-refractivity contribution in [2.24, 2.45) is 11.8 Å². The standard InChI is InChI=1S/C23H23N5O2S/c1-12-11-25-22(26-12)18-9-14(7-8-24-18)30-13-5-6-17-19(10-13)31-23(27-17)28-20-15-3-2-4-16(15)21(20)29/h5-11,15-16,20-21,29H,2-4H2,1H3,(H,25,26)(H,27,28)/t15?,16-,20+,21+/m0/s1. The SMILES string of the molecule is Cc1cnc(-c2cc(Oc3ccc4nc(N[C@@H]5C6CCC[C@@H]6[C@H]5O)sc4c3)ccn2)[nH]1. The van der Waals surface area contributed by atoms with Gasteiger partial charge in [0.1, 0.15) is 17.2 Å². The fourth-order valence-electron chi connectivity index (χ4n) is 4.91. The lowest BCUT2D eigenvalue weighted by atomic mass is 9.69. The lowest BCUT2D eigenvalue weighted by Gasteiger charge is -2.46. The van der Waals surface area contributed by atoms with E-state index in [0.717, 1.165) is 44.7 Å². The number of thiazole rings is 1. The van der Waals surface area contributed by atoms with Gasteiger partial charge in [-0.15, -0.1) is 0 Å². The zero-order chi connectivity index (χ0) is 20.9. The van der Waals surface area contributed by atoms with E-state index >= 15 is 0 Å². The van der Waals surface area contributed by atoms with Crippen molar-refractivity contribution in [3.8, 4) is 23.0 Å². The Morgan fingerprint density at radius 2 is 2.00 bits per heavy atom. The fourth-order valence-corrected chi connectivity index (χ4v) is 5.85. The summed E-state index contributed by atoms with van der Waals surface area (Å²) >= 11 is 1.60. The molecule has 0 bridgehead atoms. The normalized spacial score (nSPS) is 24.7. The number of rotatable bonds is 5. The Morgan fingerprint density at radius 3 is 2.87 bits per heavy atom. The van der Waals surface area contributed by atoms with Crippen LogP contribution in [0.25, 0.3) is 21.7 Å². The van der Waals surface area contributed by atoms with Gasteiger partial charge in [-0.05, 0) is 49.8 Å². The van der Waals surface area contributed by atoms with Crippen LogP contribution in [-0.4, -0.2) is 37.2 Å². The molecule has 4 aromatic rings. The smallest absolute Gasteiger partial charge is 0.184 e. The predicted molar refractivity (Wildman–Crippen MR) is 120 cm³/mol. The van der Waals surface area contributed by atoms with Crippen LogP contribution in [0.5, 0.6) is 11.5 Å². The van der Waals surface area contributed by atoms with Gasteiger partial charge < -0.3 is 20.1 Å². The Bertz CT molecular complexity index is 1250. The molecule has 1 unspecified atom stereocenters. The maximum atomic E-state index is 10.4. The number of ether oxygens (including phenoxy) is 1. The monoisotopic (exact) mass is 433 g/mol. The Morgan fingerprint density at radius 1 is 1.13 bits per heavy atom. The Kier molecular flexibility index (Phi) is 4.43. The molecule has 3 heterocycles. The molecule has 3 aromatic heterocycles. The molecule has 1 aromatic carbocycles. The summed E-state index contributed by atoms with van der Waals surface area (Å²) in [5.74, 6) is 3.22. The number of aliphatic hydroxyl groups excluding tert-OH is 1. The van der Waals surface area contributed by atoms with Crippen molar-refractivity contribution < 1.29 is 9.84 Å². The number of aliphatic hydroxyl groups is 1. The van der Waals surface area contributed by atoms with Gasteiger partial charge in [-0.3, -0.25) is 4.98 Å². The van der Waals surface area contributed by atoms with Crippen LogP contribution in [0, 0.1) is 18.8 Å². The summed E-state index contributed by atoms with van der Waals surface area (Å²) in [4.78, 5) is 16.6. The molecule has 31 heavy (non-hydrogen) atoms. The van der Waals surface area contributed by atoms with E-state index in [9.17, 15) is 5.11 Å². The third kappa shape index (κ3) is 3.36. The number of hydrogen-bond donors (Lipinski definition) is 3. The largest absolute Gasteiger partial charge is 0.457 e. The second-order valence-electron chi connectivity index (χ2n) is 8.46. The van der Waals surface area contributed by atoms with Gasteiger partial charge in [0.15, 0.2) is 11.0 Å². The first-order valence-corrected chi connectivity index (χ1v) is 11.5. The van der Waals surface area contributed by atoms with Gasteiger partial charge in [-0.25, -0.2) is 9.97 Å². The number of fused-ring (bicyclic) bond motifs is 2. The highest BCUT2D eigenvalue weighted by atomic mass is 32.1. The lowest BCUT2D eigenvalue weighted by Crippen LogP contribution is -2.57. The van der Waals surface area contributed by atoms with Crippen molar-refractivity contribution in [2.75, 3.05) is 5.32 Å². The molecule has 0 saturated heterocycles. The second-order valence-corrected chi connectivity index (χ2v) is 9.49. The summed E-state index contributed by atoms with van der Waals surface area (Å²) in [5, 5.41) is 14.8. The molecule has 8 heteroatoms. The van der Waals surface area contributed by atoms with Gasteiger partial charge in [0, 0.05) is 30.2 Å². The van der Waals surface area contributed by atoms with E-state index in [0.29, 0.717) is 17.6 Å². The number of aromatic nitrogens is 4. The summed E-state index contributed by atoms with van der Waals surface area (Å²) in [6.45, 7) is 1.96. The van der Waals surface area contributed by atoms with Crippen molar-refractivity contribution in [3.63, 3.8) is 0 Å². The van der Waals surface area contributed by atoms with E-state index in [2.05, 4.69) is 20.3 Å². The van der Waals surface area contributed by atoms with Crippen LogP contribution >= 0.6 is 11.3 Å². The molecule has 0 amide bonds. The van der Waals surface area contributed by atoms with E-state index in [1.807, 2.05) is 37.3 Å². The third-order valence-electron chi connectivity index (χ3n) is 6.46. The van der Waals surface area contributed by atoms with Gasteiger partial charge in [-0.2, -0.15) is 0 Å². The first-order valence-electron chi connectivity index (χ1n) is 10.7. The minimum Gasteiger partial charge on any atom is -0.457 e. The van der Waals surface area contributed by atoms with Crippen LogP contribution < -0.4 is 10.1 Å². The van der Waals surface area contributed by atoms with E-state index < -0.39 is 0 Å². The Hall–Kier alpha value is -2.97. The molecule has 2 fully saturated rings. The number of H-pyrrole nitrogens is 1. The summed E-state index contributed by atoms with van der Waals surface area (Å²) in [7, 11) is 0. The van der Waals surface area contributed by atoms with Gasteiger partial charge in [0.05, 0.1) is 22.4 Å². The summed E-state index contributed by atoms with van der Waals surface area (Å²) in [6.07, 6.45) is 6.83. The molecule has 2 aliphatic carbocycles. The number of imidazole rings is 1. The van der Waals surface area contributed by atoms with Crippen molar-refractivity contribution in [2.45, 2.75) is 38.3 Å². The lowest BCUT2D eigenvalue weighted by molar-refractivity contribution is -0.0301. The Labute approximate surface area is 183 Å². The first kappa shape index (κ1) is 18.8. The number of benzene rings is 1. The summed E-state index contributed by atoms with van der Waals surface area (Å²) in [5.41, 5.74) is 2.65. The zero-order valence-electron chi connectivity index (χ0n) is 17.1. The van der Waals surface area contributed by atoms with E-state index in [-0.39, 0.29) is 12.1 Å². The fraction of sp³-hybridized carbons (Fsp3) is 0.348. The van der Waals surface area contributed by atoms with Crippen molar-refractivity contribution in [1.29, 1.82) is 0 Å². The van der Waals surface area contributed by atoms with Gasteiger partial charge in [-0.1, -0.05) is 17.8 Å². The van der Waals surface area contributed by atoms with Gasteiger partial charge in [0.25, 0.3) is 0 Å². The quantitative estimate of drug-likeness (QED) is 0.420. The first-order chi connectivity index (χ1) is 15.1. The number of anilines is 1. The van der Waals surface area contributed by atoms with Crippen LogP contribution in [-0.2, 0) is 0 Å². The highest BCUT2D eigenvalue weighted by Crippen LogP contribution is 2.48. The Balaban J connectivity index is 1.20. The van der Waals surface area contributed by atoms with Gasteiger partial charge in [0.2, 0.25) is 0 Å². The highest BCUT2D eigenvalue weighted by molar-refractivity contribution is 7.22. The second kappa shape index (κ2) is 7.32. The maximum absolute atomic E-state index is 10.4. The maximum Gasteiger partial charge on any atom is 0.184 e. The van der Waals surface area contributed by atoms with Crippen LogP contribution in [0.15, 0.2) is 42.7 Å². The molecule has 6 rings (SSSR count). The molecule has 158 valence electrons. The molecular weight excluding hydrogens is 410 g/mol. The minimum atomic E-state index is -0.253. The number of nitrogens with one attached hydrogen (secondary N) is 2. The molecule has 0 radical (unpaired) electrons. The minimum absolute atomic E-state index is 0.129. The molecule has 7 nitrogen and oxygen atoms in total. The molecule has 0 aliphatic heterocycles. The third-order valence-corrected chi connectivity index (χ3v) is 7.40. The van der Waals surface area contributed by atoms with E-state index in [1.54, 1.807) is 23.7 Å². The average molecular weight is 434 g/mol. The van der Waals surface area contributed by atoms with Crippen LogP contribution in [0.2, 0.25) is 0 Å². The topological polar surface area (TPSA) is 96.0 Å². The number of nitrogens with zero attached hydrogens (tertiary/aromatic N) is 3. The highest BCUT2D eigenvalue weighted by Gasteiger charge is 2.51. The summed E-state index contributed by atoms with van der Waals surface area (Å²) in [6, 6.07) is 9.74. The number of pyridine rings is 1. The van der Waals surface area contributed by atoms with Crippen LogP contribution in [0.4, 0.5) is 5.13 Å². The molecule has 0 spiro atoms. The van der Waals surface area contributed by atoms with Crippen LogP contribution in [0.1, 0.15) is 25.0 Å². The number of hydrogen-bond acceptors (Lipinski definition) is 7. The number of aromatic amines is 1. The van der Waals surface area contributed by atoms with Crippen molar-refractivity contribution >= 4 is 26.7 Å². The summed E-state index contributed by atoms with van der Waals surface area (Å²) < 4.78 is 7.14. The predicted octanol–water partition coefficient (Wildman–Crippen LogP) is 4.75. The van der Waals surface area contributed by atoms with Crippen molar-refractivity contribution in [1.82, 2.24) is 19.9 Å². The van der Waals surface area contributed by atoms with Crippen LogP contribution in [0.3, 0.4) is 0 Å². The molecular formula is C23H23N5O2S. The molecule has 3 N–H and O–H groups in total. The zero-order valence-corrected chi connectivity index (χ0v) is 17.9. The molecule has 2 aliphatic rings. The number of aryl methyl sites for hydroxylation is 1. The van der Waals surface area contributed by atoms with E-state index in [1.165, 1.54) is 12.8 Å². The molecule has 4 atom stereocenters. The molecule has 2 saturated carbocycles. The van der Waals surface area contributed by atoms with Gasteiger partial charge >= 0.3 is 0 Å².